The number of carbonyl (C=O) groups excluding carboxylic acids is 3. The second-order valence-corrected chi connectivity index (χ2v) is 12.7. The third kappa shape index (κ3) is 4.94. The number of anilines is 1. The maximum atomic E-state index is 14.2. The average molecular weight is 601 g/mol. The maximum Gasteiger partial charge on any atom is 0.246 e. The van der Waals surface area contributed by atoms with Crippen LogP contribution in [0.3, 0.4) is 0 Å². The van der Waals surface area contributed by atoms with E-state index in [2.05, 4.69) is 24.5 Å². The van der Waals surface area contributed by atoms with Gasteiger partial charge in [-0.3, -0.25) is 14.4 Å². The van der Waals surface area contributed by atoms with Gasteiger partial charge in [-0.05, 0) is 54.2 Å². The fourth-order valence-electron chi connectivity index (χ4n) is 7.12. The number of carbonyl (C=O) groups is 3. The van der Waals surface area contributed by atoms with Crippen molar-refractivity contribution < 1.29 is 23.5 Å². The molecular weight excluding hydrogens is 568 g/mol. The number of benzene rings is 2. The van der Waals surface area contributed by atoms with Crippen molar-refractivity contribution in [3.63, 3.8) is 0 Å². The van der Waals surface area contributed by atoms with Gasteiger partial charge in [-0.2, -0.15) is 0 Å². The molecule has 3 heterocycles. The highest BCUT2D eigenvalue weighted by Crippen LogP contribution is 2.55. The second kappa shape index (κ2) is 10.7. The Balaban J connectivity index is 1.33. The van der Waals surface area contributed by atoms with Gasteiger partial charge in [0.05, 0.1) is 17.9 Å². The van der Waals surface area contributed by atoms with Gasteiger partial charge in [0.2, 0.25) is 17.7 Å². The predicted octanol–water partition coefficient (Wildman–Crippen LogP) is 5.36. The Kier molecular flexibility index (Phi) is 7.37. The van der Waals surface area contributed by atoms with Crippen molar-refractivity contribution >= 4 is 46.6 Å². The lowest BCUT2D eigenvalue weighted by molar-refractivity contribution is -0.142. The van der Waals surface area contributed by atoms with Gasteiger partial charge in [0.25, 0.3) is 0 Å². The van der Waals surface area contributed by atoms with Crippen molar-refractivity contribution in [1.29, 1.82) is 0 Å². The quantitative estimate of drug-likeness (QED) is 0.437. The van der Waals surface area contributed by atoms with E-state index in [-0.39, 0.29) is 30.3 Å². The van der Waals surface area contributed by atoms with Gasteiger partial charge in [-0.1, -0.05) is 74.2 Å². The highest BCUT2D eigenvalue weighted by molar-refractivity contribution is 6.35. The molecule has 2 aromatic carbocycles. The summed E-state index contributed by atoms with van der Waals surface area (Å²) in [5, 5.41) is 6.79. The molecule has 4 aliphatic rings. The predicted molar refractivity (Wildman–Crippen MR) is 154 cm³/mol. The van der Waals surface area contributed by atoms with Crippen molar-refractivity contribution in [3.05, 3.63) is 76.0 Å². The average Bonchev–Trinajstić information content (AvgIpc) is 3.55. The van der Waals surface area contributed by atoms with Gasteiger partial charge in [-0.25, -0.2) is 4.39 Å². The molecule has 10 heteroatoms. The first-order chi connectivity index (χ1) is 19.6. The number of halogens is 3. The first-order valence-electron chi connectivity index (χ1n) is 14.1. The molecule has 0 aromatic heterocycles. The van der Waals surface area contributed by atoms with Crippen LogP contribution >= 0.6 is 23.2 Å². The summed E-state index contributed by atoms with van der Waals surface area (Å²) >= 11 is 12.3. The largest absolute Gasteiger partial charge is 0.359 e. The van der Waals surface area contributed by atoms with Crippen LogP contribution in [0.5, 0.6) is 0 Å². The normalized spacial score (nSPS) is 33.6. The zero-order valence-electron chi connectivity index (χ0n) is 22.8. The third-order valence-corrected chi connectivity index (χ3v) is 9.79. The van der Waals surface area contributed by atoms with E-state index in [0.29, 0.717) is 27.2 Å². The summed E-state index contributed by atoms with van der Waals surface area (Å²) in [5.74, 6) is -2.50. The summed E-state index contributed by atoms with van der Waals surface area (Å²) in [7, 11) is 0. The molecule has 3 amide bonds. The SMILES string of the molecule is C[C@H]1[C@H](C)CCC[C@@H]1NC(=O)[C@@H]1N(Cc2ccc(F)cc2)C(=O)[C@@H]2[C@@H](C(=O)Nc3cc(Cl)cc(Cl)c3)[C@@H]3C=C[C@]21O3. The summed E-state index contributed by atoms with van der Waals surface area (Å²) in [6, 6.07) is 9.52. The number of rotatable bonds is 6. The maximum absolute atomic E-state index is 14.2. The fraction of sp³-hybridized carbons (Fsp3) is 0.452. The molecule has 2 saturated heterocycles. The van der Waals surface area contributed by atoms with Crippen LogP contribution in [0.4, 0.5) is 10.1 Å². The molecule has 0 radical (unpaired) electrons. The molecule has 1 saturated carbocycles. The van der Waals surface area contributed by atoms with Gasteiger partial charge in [0.15, 0.2) is 0 Å². The number of amides is 3. The summed E-state index contributed by atoms with van der Waals surface area (Å²) in [6.45, 7) is 4.41. The van der Waals surface area contributed by atoms with E-state index < -0.39 is 41.3 Å². The number of hydrogen-bond donors (Lipinski definition) is 2. The van der Waals surface area contributed by atoms with Crippen molar-refractivity contribution in [1.82, 2.24) is 10.2 Å². The molecule has 2 N–H and O–H groups in total. The van der Waals surface area contributed by atoms with Crippen LogP contribution in [0.25, 0.3) is 0 Å². The number of nitrogens with one attached hydrogen (secondary N) is 2. The van der Waals surface area contributed by atoms with E-state index in [4.69, 9.17) is 27.9 Å². The summed E-state index contributed by atoms with van der Waals surface area (Å²) < 4.78 is 20.1. The van der Waals surface area contributed by atoms with Gasteiger partial charge >= 0.3 is 0 Å². The van der Waals surface area contributed by atoms with E-state index in [9.17, 15) is 18.8 Å². The highest BCUT2D eigenvalue weighted by Gasteiger charge is 2.72. The first-order valence-corrected chi connectivity index (χ1v) is 14.8. The van der Waals surface area contributed by atoms with Crippen LogP contribution in [0, 0.1) is 29.5 Å². The monoisotopic (exact) mass is 599 g/mol. The van der Waals surface area contributed by atoms with Crippen LogP contribution in [-0.2, 0) is 25.7 Å². The number of ether oxygens (including phenoxy) is 1. The van der Waals surface area contributed by atoms with Crippen LogP contribution in [0.2, 0.25) is 10.0 Å². The summed E-state index contributed by atoms with van der Waals surface area (Å²) in [4.78, 5) is 43.5. The molecule has 0 unspecified atom stereocenters. The van der Waals surface area contributed by atoms with Gasteiger partial charge in [0, 0.05) is 28.3 Å². The molecule has 2 bridgehead atoms. The molecule has 3 aliphatic heterocycles. The minimum Gasteiger partial charge on any atom is -0.359 e. The number of hydrogen-bond acceptors (Lipinski definition) is 4. The lowest BCUT2D eigenvalue weighted by Crippen LogP contribution is -2.57. The van der Waals surface area contributed by atoms with Crippen LogP contribution in [0.1, 0.15) is 38.7 Å². The Hall–Kier alpha value is -2.94. The van der Waals surface area contributed by atoms with Crippen molar-refractivity contribution in [2.24, 2.45) is 23.7 Å². The zero-order valence-corrected chi connectivity index (χ0v) is 24.3. The molecule has 6 rings (SSSR count). The minimum atomic E-state index is -1.30. The Morgan fingerprint density at radius 3 is 2.49 bits per heavy atom. The fourth-order valence-corrected chi connectivity index (χ4v) is 7.65. The van der Waals surface area contributed by atoms with Gasteiger partial charge in [0.1, 0.15) is 17.5 Å². The van der Waals surface area contributed by atoms with E-state index in [1.165, 1.54) is 17.0 Å². The second-order valence-electron chi connectivity index (χ2n) is 11.8. The van der Waals surface area contributed by atoms with Gasteiger partial charge < -0.3 is 20.3 Å². The van der Waals surface area contributed by atoms with Gasteiger partial charge in [-0.15, -0.1) is 0 Å². The molecule has 1 spiro atoms. The Morgan fingerprint density at radius 2 is 1.78 bits per heavy atom. The van der Waals surface area contributed by atoms with Crippen LogP contribution in [-0.4, -0.2) is 46.4 Å². The third-order valence-electron chi connectivity index (χ3n) is 9.36. The molecule has 3 fully saturated rings. The van der Waals surface area contributed by atoms with Crippen molar-refractivity contribution in [2.45, 2.75) is 63.4 Å². The molecule has 1 aliphatic carbocycles. The van der Waals surface area contributed by atoms with E-state index in [0.717, 1.165) is 19.3 Å². The number of nitrogens with zero attached hydrogens (tertiary/aromatic N) is 1. The standard InChI is InChI=1S/C31H32Cl2FN3O4/c1-16-4-3-5-23(17(16)2)36-29(39)27-31-11-10-24(41-31)25(28(38)35-22-13-19(32)12-20(33)14-22)26(31)30(40)37(27)15-18-6-8-21(34)9-7-18/h6-14,16-17,23-27H,3-5,15H2,1-2H3,(H,35,38)(H,36,39)/t16-,17+,23+,24+,25+,26+,27+,31+/m1/s1. The lowest BCUT2D eigenvalue weighted by atomic mass is 9.73. The van der Waals surface area contributed by atoms with Crippen molar-refractivity contribution in [2.75, 3.05) is 5.32 Å². The van der Waals surface area contributed by atoms with E-state index >= 15 is 0 Å². The zero-order chi connectivity index (χ0) is 29.1. The highest BCUT2D eigenvalue weighted by atomic mass is 35.5. The lowest BCUT2D eigenvalue weighted by Gasteiger charge is -2.38. The summed E-state index contributed by atoms with van der Waals surface area (Å²) in [6.07, 6.45) is 5.87. The van der Waals surface area contributed by atoms with E-state index in [1.54, 1.807) is 42.5 Å². The Bertz CT molecular complexity index is 1400. The van der Waals surface area contributed by atoms with Crippen LogP contribution in [0.15, 0.2) is 54.6 Å². The van der Waals surface area contributed by atoms with Crippen molar-refractivity contribution in [3.8, 4) is 0 Å². The minimum absolute atomic E-state index is 0.0290. The summed E-state index contributed by atoms with van der Waals surface area (Å²) in [5.41, 5.74) is -0.234. The first kappa shape index (κ1) is 28.2. The molecular formula is C31H32Cl2FN3O4. The number of likely N-dealkylation sites (tertiary alicyclic amines) is 1. The molecule has 7 nitrogen and oxygen atoms in total. The number of fused-ring (bicyclic) bond motifs is 1. The molecule has 8 atom stereocenters. The smallest absolute Gasteiger partial charge is 0.246 e. The Morgan fingerprint density at radius 1 is 1.07 bits per heavy atom. The molecule has 216 valence electrons. The molecule has 41 heavy (non-hydrogen) atoms. The molecule has 2 aromatic rings. The van der Waals surface area contributed by atoms with Crippen LogP contribution < -0.4 is 10.6 Å². The topological polar surface area (TPSA) is 87.7 Å². The Labute approximate surface area is 248 Å². The van der Waals surface area contributed by atoms with E-state index in [1.807, 2.05) is 0 Å².